The van der Waals surface area contributed by atoms with Crippen LogP contribution in [0.2, 0.25) is 5.02 Å². The third-order valence-corrected chi connectivity index (χ3v) is 6.32. The first-order chi connectivity index (χ1) is 15.0. The van der Waals surface area contributed by atoms with E-state index in [1.165, 1.54) is 5.56 Å². The minimum atomic E-state index is -0.320. The average Bonchev–Trinajstić information content (AvgIpc) is 3.24. The number of ether oxygens (including phenoxy) is 2. The van der Waals surface area contributed by atoms with Crippen LogP contribution >= 0.6 is 11.6 Å². The molecule has 5 heteroatoms. The Labute approximate surface area is 188 Å². The normalized spacial score (nSPS) is 19.5. The molecule has 4 nitrogen and oxygen atoms in total. The molecule has 0 N–H and O–H groups in total. The summed E-state index contributed by atoms with van der Waals surface area (Å²) in [6.07, 6.45) is 0.478. The Balaban J connectivity index is 1.58. The molecule has 31 heavy (non-hydrogen) atoms. The summed E-state index contributed by atoms with van der Waals surface area (Å²) in [5.74, 6) is 2.04. The fourth-order valence-corrected chi connectivity index (χ4v) is 4.45. The maximum absolute atomic E-state index is 6.53. The van der Waals surface area contributed by atoms with Gasteiger partial charge in [0.05, 0.1) is 18.9 Å². The summed E-state index contributed by atoms with van der Waals surface area (Å²) in [4.78, 5) is 0. The molecule has 0 unspecified atom stereocenters. The van der Waals surface area contributed by atoms with Gasteiger partial charge in [0.15, 0.2) is 11.5 Å². The van der Waals surface area contributed by atoms with Gasteiger partial charge in [-0.25, -0.2) is 5.01 Å². The lowest BCUT2D eigenvalue weighted by atomic mass is 9.95. The first-order valence-electron chi connectivity index (χ1n) is 10.6. The van der Waals surface area contributed by atoms with Crippen molar-refractivity contribution in [3.8, 4) is 11.5 Å². The Morgan fingerprint density at radius 3 is 2.45 bits per heavy atom. The number of hydrogen-bond acceptors (Lipinski definition) is 4. The second-order valence-electron chi connectivity index (χ2n) is 8.32. The van der Waals surface area contributed by atoms with Crippen molar-refractivity contribution >= 4 is 17.3 Å². The summed E-state index contributed by atoms with van der Waals surface area (Å²) in [6.45, 7) is 4.40. The van der Waals surface area contributed by atoms with E-state index in [1.807, 2.05) is 36.4 Å². The molecule has 0 aromatic heterocycles. The third kappa shape index (κ3) is 3.55. The van der Waals surface area contributed by atoms with E-state index in [0.29, 0.717) is 5.92 Å². The zero-order chi connectivity index (χ0) is 21.5. The Morgan fingerprint density at radius 2 is 1.77 bits per heavy atom. The number of halogens is 1. The van der Waals surface area contributed by atoms with Gasteiger partial charge in [-0.15, -0.1) is 0 Å². The summed E-state index contributed by atoms with van der Waals surface area (Å²) in [5.41, 5.74) is 5.59. The van der Waals surface area contributed by atoms with Crippen LogP contribution in [-0.2, 0) is 0 Å². The molecule has 0 saturated carbocycles. The highest BCUT2D eigenvalue weighted by Crippen LogP contribution is 2.50. The maximum Gasteiger partial charge on any atom is 0.214 e. The number of fused-ring (bicyclic) bond motifs is 3. The summed E-state index contributed by atoms with van der Waals surface area (Å²) >= 11 is 6.09. The molecule has 2 aliphatic heterocycles. The molecule has 0 aliphatic carbocycles. The lowest BCUT2D eigenvalue weighted by Crippen LogP contribution is -2.33. The molecular weight excluding hydrogens is 408 g/mol. The number of rotatable bonds is 4. The molecule has 0 amide bonds. The predicted octanol–water partition coefficient (Wildman–Crippen LogP) is 6.71. The van der Waals surface area contributed by atoms with Gasteiger partial charge in [-0.05, 0) is 35.2 Å². The molecule has 3 aromatic carbocycles. The van der Waals surface area contributed by atoms with E-state index in [0.717, 1.165) is 45.3 Å². The van der Waals surface area contributed by atoms with Gasteiger partial charge in [-0.3, -0.25) is 0 Å². The van der Waals surface area contributed by atoms with Crippen molar-refractivity contribution in [2.45, 2.75) is 38.5 Å². The van der Waals surface area contributed by atoms with Crippen LogP contribution in [0.4, 0.5) is 0 Å². The van der Waals surface area contributed by atoms with Crippen molar-refractivity contribution in [1.29, 1.82) is 0 Å². The largest absolute Gasteiger partial charge is 0.493 e. The quantitative estimate of drug-likeness (QED) is 0.459. The van der Waals surface area contributed by atoms with E-state index < -0.39 is 0 Å². The third-order valence-electron chi connectivity index (χ3n) is 6.07. The van der Waals surface area contributed by atoms with Crippen LogP contribution in [0.15, 0.2) is 71.8 Å². The van der Waals surface area contributed by atoms with Crippen molar-refractivity contribution in [2.75, 3.05) is 7.11 Å². The zero-order valence-corrected chi connectivity index (χ0v) is 18.6. The predicted molar refractivity (Wildman–Crippen MR) is 124 cm³/mol. The van der Waals surface area contributed by atoms with E-state index in [4.69, 9.17) is 26.2 Å². The molecule has 0 radical (unpaired) electrons. The number of benzene rings is 3. The second-order valence-corrected chi connectivity index (χ2v) is 8.76. The van der Waals surface area contributed by atoms with Crippen LogP contribution in [0.3, 0.4) is 0 Å². The topological polar surface area (TPSA) is 34.1 Å². The first-order valence-corrected chi connectivity index (χ1v) is 11.0. The van der Waals surface area contributed by atoms with Crippen molar-refractivity contribution in [3.05, 3.63) is 94.0 Å². The average molecular weight is 433 g/mol. The van der Waals surface area contributed by atoms with Gasteiger partial charge in [-0.2, -0.15) is 5.10 Å². The lowest BCUT2D eigenvalue weighted by molar-refractivity contribution is -0.0209. The van der Waals surface area contributed by atoms with Crippen LogP contribution < -0.4 is 9.47 Å². The number of nitrogens with zero attached hydrogens (tertiary/aromatic N) is 2. The van der Waals surface area contributed by atoms with Crippen LogP contribution in [0, 0.1) is 0 Å². The molecule has 158 valence electrons. The van der Waals surface area contributed by atoms with Crippen LogP contribution in [0.25, 0.3) is 0 Å². The highest BCUT2D eigenvalue weighted by molar-refractivity contribution is 6.30. The molecule has 2 atom stereocenters. The Hall–Kier alpha value is -2.98. The zero-order valence-electron chi connectivity index (χ0n) is 17.9. The highest BCUT2D eigenvalue weighted by atomic mass is 35.5. The van der Waals surface area contributed by atoms with Crippen molar-refractivity contribution < 1.29 is 9.47 Å². The fourth-order valence-electron chi connectivity index (χ4n) is 4.33. The second kappa shape index (κ2) is 7.93. The van der Waals surface area contributed by atoms with Gasteiger partial charge in [-0.1, -0.05) is 74.0 Å². The van der Waals surface area contributed by atoms with Gasteiger partial charge in [0.2, 0.25) is 6.23 Å². The molecule has 0 spiro atoms. The summed E-state index contributed by atoms with van der Waals surface area (Å²) in [7, 11) is 1.68. The Kier molecular flexibility index (Phi) is 5.11. The number of hydrogen-bond donors (Lipinski definition) is 0. The van der Waals surface area contributed by atoms with Gasteiger partial charge < -0.3 is 9.47 Å². The maximum atomic E-state index is 6.53. The van der Waals surface area contributed by atoms with Crippen LogP contribution in [0.5, 0.6) is 11.5 Å². The highest BCUT2D eigenvalue weighted by Gasteiger charge is 2.42. The van der Waals surface area contributed by atoms with Gasteiger partial charge in [0.1, 0.15) is 0 Å². The van der Waals surface area contributed by atoms with E-state index in [9.17, 15) is 0 Å². The van der Waals surface area contributed by atoms with Crippen molar-refractivity contribution in [2.24, 2.45) is 5.10 Å². The summed E-state index contributed by atoms with van der Waals surface area (Å²) in [6, 6.07) is 22.7. The molecule has 0 fully saturated rings. The SMILES string of the molecule is COc1cccc2c1O[C@H](c1ccc(C(C)C)cc1)N1N=C(c3ccc(Cl)cc3)C[C@@H]21. The standard InChI is InChI=1S/C26H25ClN2O2/c1-16(2)17-7-9-19(10-8-17)26-29-23(21-5-4-6-24(30-3)25(21)31-26)15-22(28-29)18-11-13-20(27)14-12-18/h4-14,16,23,26H,15H2,1-3H3/t23-,26+/m0/s1. The minimum absolute atomic E-state index is 0.0827. The molecular formula is C26H25ClN2O2. The summed E-state index contributed by atoms with van der Waals surface area (Å²) < 4.78 is 12.2. The number of methoxy groups -OCH3 is 1. The molecule has 5 rings (SSSR count). The molecule has 0 saturated heterocycles. The van der Waals surface area contributed by atoms with Gasteiger partial charge in [0, 0.05) is 22.6 Å². The number of para-hydroxylation sites is 1. The minimum Gasteiger partial charge on any atom is -0.493 e. The Morgan fingerprint density at radius 1 is 1.03 bits per heavy atom. The lowest BCUT2D eigenvalue weighted by Gasteiger charge is -2.38. The monoisotopic (exact) mass is 432 g/mol. The molecule has 0 bridgehead atoms. The smallest absolute Gasteiger partial charge is 0.214 e. The fraction of sp³-hybridized carbons (Fsp3) is 0.269. The van der Waals surface area contributed by atoms with Crippen LogP contribution in [-0.4, -0.2) is 17.8 Å². The van der Waals surface area contributed by atoms with Crippen LogP contribution in [0.1, 0.15) is 60.7 Å². The van der Waals surface area contributed by atoms with Gasteiger partial charge >= 0.3 is 0 Å². The Bertz CT molecular complexity index is 1120. The number of hydrazone groups is 1. The van der Waals surface area contributed by atoms with E-state index in [-0.39, 0.29) is 12.3 Å². The van der Waals surface area contributed by atoms with E-state index in [2.05, 4.69) is 49.2 Å². The molecule has 2 heterocycles. The van der Waals surface area contributed by atoms with Gasteiger partial charge in [0.25, 0.3) is 0 Å². The van der Waals surface area contributed by atoms with E-state index in [1.54, 1.807) is 7.11 Å². The van der Waals surface area contributed by atoms with Crippen molar-refractivity contribution in [1.82, 2.24) is 5.01 Å². The summed E-state index contributed by atoms with van der Waals surface area (Å²) in [5, 5.41) is 7.84. The first kappa shape index (κ1) is 20.0. The van der Waals surface area contributed by atoms with E-state index >= 15 is 0 Å². The molecule has 3 aromatic rings. The van der Waals surface area contributed by atoms with Crippen molar-refractivity contribution in [3.63, 3.8) is 0 Å². The molecule has 2 aliphatic rings.